The number of carbonyl (C=O) groups excluding carboxylic acids is 1. The Kier molecular flexibility index (Phi) is 5.01. The van der Waals surface area contributed by atoms with Crippen LogP contribution in [0.3, 0.4) is 0 Å². The zero-order chi connectivity index (χ0) is 18.5. The van der Waals surface area contributed by atoms with E-state index in [0.717, 1.165) is 24.7 Å². The molecule has 0 radical (unpaired) electrons. The van der Waals surface area contributed by atoms with Crippen molar-refractivity contribution in [3.05, 3.63) is 78.5 Å². The van der Waals surface area contributed by atoms with E-state index >= 15 is 0 Å². The quantitative estimate of drug-likeness (QED) is 0.716. The monoisotopic (exact) mass is 359 g/mol. The minimum absolute atomic E-state index is 0.209. The Hall–Kier alpha value is -3.34. The molecule has 1 N–H and O–H groups in total. The second kappa shape index (κ2) is 7.91. The van der Waals surface area contributed by atoms with Crippen LogP contribution < -0.4 is 15.0 Å². The molecular formula is C22H21N3O2. The summed E-state index contributed by atoms with van der Waals surface area (Å²) in [6.45, 7) is 2.06. The molecule has 136 valence electrons. The first-order valence-electron chi connectivity index (χ1n) is 9.14. The van der Waals surface area contributed by atoms with Crippen LogP contribution in [0.2, 0.25) is 0 Å². The molecule has 1 aliphatic rings. The molecule has 27 heavy (non-hydrogen) atoms. The number of anilines is 2. The summed E-state index contributed by atoms with van der Waals surface area (Å²) in [5, 5.41) is 2.92. The van der Waals surface area contributed by atoms with Crippen LogP contribution >= 0.6 is 0 Å². The number of nitrogens with zero attached hydrogens (tertiary/aromatic N) is 2. The molecule has 0 atom stereocenters. The van der Waals surface area contributed by atoms with E-state index in [1.807, 2.05) is 66.7 Å². The van der Waals surface area contributed by atoms with Crippen LogP contribution in [0.5, 0.6) is 11.5 Å². The maximum Gasteiger partial charge on any atom is 0.257 e. The SMILES string of the molecule is O=C(Nc1ccccc1Oc1ccccc1)c1ccc(N2CCCC2)nc1. The fourth-order valence-corrected chi connectivity index (χ4v) is 3.12. The molecule has 5 heteroatoms. The van der Waals surface area contributed by atoms with Crippen molar-refractivity contribution in [2.24, 2.45) is 0 Å². The lowest BCUT2D eigenvalue weighted by Gasteiger charge is -2.16. The number of aromatic nitrogens is 1. The largest absolute Gasteiger partial charge is 0.455 e. The van der Waals surface area contributed by atoms with Gasteiger partial charge in [0.2, 0.25) is 0 Å². The average molecular weight is 359 g/mol. The number of hydrogen-bond donors (Lipinski definition) is 1. The summed E-state index contributed by atoms with van der Waals surface area (Å²) in [6.07, 6.45) is 4.02. The van der Waals surface area contributed by atoms with Crippen LogP contribution in [-0.4, -0.2) is 24.0 Å². The summed E-state index contributed by atoms with van der Waals surface area (Å²) in [5.41, 5.74) is 1.14. The first-order chi connectivity index (χ1) is 13.3. The predicted octanol–water partition coefficient (Wildman–Crippen LogP) is 4.73. The molecule has 0 unspecified atom stereocenters. The molecule has 1 aliphatic heterocycles. The van der Waals surface area contributed by atoms with Crippen molar-refractivity contribution in [2.75, 3.05) is 23.3 Å². The molecule has 1 amide bonds. The minimum Gasteiger partial charge on any atom is -0.455 e. The van der Waals surface area contributed by atoms with Gasteiger partial charge in [-0.05, 0) is 49.2 Å². The fourth-order valence-electron chi connectivity index (χ4n) is 3.12. The van der Waals surface area contributed by atoms with Gasteiger partial charge in [0, 0.05) is 19.3 Å². The Morgan fingerprint density at radius 2 is 1.67 bits per heavy atom. The summed E-state index contributed by atoms with van der Waals surface area (Å²) in [6, 6.07) is 20.6. The molecule has 4 rings (SSSR count). The first kappa shape index (κ1) is 17.1. The van der Waals surface area contributed by atoms with Gasteiger partial charge in [-0.2, -0.15) is 0 Å². The van der Waals surface area contributed by atoms with Gasteiger partial charge in [-0.3, -0.25) is 4.79 Å². The van der Waals surface area contributed by atoms with E-state index < -0.39 is 0 Å². The number of amides is 1. The number of para-hydroxylation sites is 3. The second-order valence-electron chi connectivity index (χ2n) is 6.46. The van der Waals surface area contributed by atoms with E-state index in [1.54, 1.807) is 6.20 Å². The third-order valence-corrected chi connectivity index (χ3v) is 4.55. The summed E-state index contributed by atoms with van der Waals surface area (Å²) in [4.78, 5) is 19.3. The van der Waals surface area contributed by atoms with Crippen molar-refractivity contribution in [1.29, 1.82) is 0 Å². The zero-order valence-electron chi connectivity index (χ0n) is 15.0. The number of hydrogen-bond acceptors (Lipinski definition) is 4. The van der Waals surface area contributed by atoms with Crippen molar-refractivity contribution < 1.29 is 9.53 Å². The van der Waals surface area contributed by atoms with E-state index in [2.05, 4.69) is 15.2 Å². The highest BCUT2D eigenvalue weighted by Crippen LogP contribution is 2.29. The van der Waals surface area contributed by atoms with Crippen molar-refractivity contribution in [2.45, 2.75) is 12.8 Å². The molecule has 0 aliphatic carbocycles. The summed E-state index contributed by atoms with van der Waals surface area (Å²) in [7, 11) is 0. The smallest absolute Gasteiger partial charge is 0.257 e. The van der Waals surface area contributed by atoms with Gasteiger partial charge in [0.25, 0.3) is 5.91 Å². The van der Waals surface area contributed by atoms with Gasteiger partial charge < -0.3 is 15.0 Å². The van der Waals surface area contributed by atoms with Crippen LogP contribution in [0.25, 0.3) is 0 Å². The number of ether oxygens (including phenoxy) is 1. The first-order valence-corrected chi connectivity index (χ1v) is 9.14. The van der Waals surface area contributed by atoms with Crippen molar-refractivity contribution in [3.63, 3.8) is 0 Å². The van der Waals surface area contributed by atoms with Crippen molar-refractivity contribution >= 4 is 17.4 Å². The van der Waals surface area contributed by atoms with E-state index in [0.29, 0.717) is 17.0 Å². The average Bonchev–Trinajstić information content (AvgIpc) is 3.25. The van der Waals surface area contributed by atoms with E-state index in [4.69, 9.17) is 4.74 Å². The van der Waals surface area contributed by atoms with Crippen LogP contribution in [-0.2, 0) is 0 Å². The molecule has 2 heterocycles. The number of carbonyl (C=O) groups is 1. The fraction of sp³-hybridized carbons (Fsp3) is 0.182. The van der Waals surface area contributed by atoms with Gasteiger partial charge in [-0.25, -0.2) is 4.98 Å². The summed E-state index contributed by atoms with van der Waals surface area (Å²) < 4.78 is 5.90. The zero-order valence-corrected chi connectivity index (χ0v) is 15.0. The number of benzene rings is 2. The van der Waals surface area contributed by atoms with Crippen LogP contribution in [0.15, 0.2) is 72.9 Å². The third-order valence-electron chi connectivity index (χ3n) is 4.55. The number of rotatable bonds is 5. The van der Waals surface area contributed by atoms with Crippen molar-refractivity contribution in [3.8, 4) is 11.5 Å². The minimum atomic E-state index is -0.209. The van der Waals surface area contributed by atoms with Crippen molar-refractivity contribution in [1.82, 2.24) is 4.98 Å². The van der Waals surface area contributed by atoms with Gasteiger partial charge in [0.05, 0.1) is 11.3 Å². The van der Waals surface area contributed by atoms with Gasteiger partial charge in [-0.1, -0.05) is 30.3 Å². The number of pyridine rings is 1. The van der Waals surface area contributed by atoms with Gasteiger partial charge >= 0.3 is 0 Å². The summed E-state index contributed by atoms with van der Waals surface area (Å²) >= 11 is 0. The topological polar surface area (TPSA) is 54.5 Å². The molecule has 1 fully saturated rings. The Bertz CT molecular complexity index is 904. The van der Waals surface area contributed by atoms with Gasteiger partial charge in [-0.15, -0.1) is 0 Å². The molecule has 1 saturated heterocycles. The lowest BCUT2D eigenvalue weighted by molar-refractivity contribution is 0.102. The van der Waals surface area contributed by atoms with E-state index in [-0.39, 0.29) is 5.91 Å². The predicted molar refractivity (Wildman–Crippen MR) is 107 cm³/mol. The molecule has 0 saturated carbocycles. The normalized spacial score (nSPS) is 13.4. The highest BCUT2D eigenvalue weighted by atomic mass is 16.5. The third kappa shape index (κ3) is 4.08. The molecule has 5 nitrogen and oxygen atoms in total. The summed E-state index contributed by atoms with van der Waals surface area (Å²) in [5.74, 6) is 2.03. The molecule has 0 spiro atoms. The van der Waals surface area contributed by atoms with Gasteiger partial charge in [0.1, 0.15) is 11.6 Å². The lowest BCUT2D eigenvalue weighted by atomic mass is 10.2. The molecule has 1 aromatic heterocycles. The lowest BCUT2D eigenvalue weighted by Crippen LogP contribution is -2.19. The maximum absolute atomic E-state index is 12.6. The molecule has 0 bridgehead atoms. The molecule has 2 aromatic carbocycles. The van der Waals surface area contributed by atoms with Crippen LogP contribution in [0, 0.1) is 0 Å². The Labute approximate surface area is 158 Å². The molecular weight excluding hydrogens is 338 g/mol. The van der Waals surface area contributed by atoms with Crippen LogP contribution in [0.1, 0.15) is 23.2 Å². The molecule has 3 aromatic rings. The maximum atomic E-state index is 12.6. The highest BCUT2D eigenvalue weighted by Gasteiger charge is 2.15. The van der Waals surface area contributed by atoms with E-state index in [9.17, 15) is 4.79 Å². The Balaban J connectivity index is 1.48. The Morgan fingerprint density at radius 1 is 0.926 bits per heavy atom. The number of nitrogens with one attached hydrogen (secondary N) is 1. The van der Waals surface area contributed by atoms with Crippen LogP contribution in [0.4, 0.5) is 11.5 Å². The second-order valence-corrected chi connectivity index (χ2v) is 6.46. The standard InChI is InChI=1S/C22H21N3O2/c26-22(17-12-13-21(23-16-17)25-14-6-7-15-25)24-19-10-4-5-11-20(19)27-18-8-2-1-3-9-18/h1-5,8-13,16H,6-7,14-15H2,(H,24,26). The van der Waals surface area contributed by atoms with Gasteiger partial charge in [0.15, 0.2) is 5.75 Å². The highest BCUT2D eigenvalue weighted by molar-refractivity contribution is 6.04. The van der Waals surface area contributed by atoms with E-state index in [1.165, 1.54) is 12.8 Å². The Morgan fingerprint density at radius 3 is 2.41 bits per heavy atom.